The topological polar surface area (TPSA) is 52.6 Å². The van der Waals surface area contributed by atoms with Gasteiger partial charge in [-0.1, -0.05) is 6.92 Å². The SMILES string of the molecule is CCCC(=O)NC1CCCN(CCCCO)C1. The van der Waals surface area contributed by atoms with Gasteiger partial charge in [-0.05, 0) is 45.2 Å². The number of aliphatic hydroxyl groups is 1. The van der Waals surface area contributed by atoms with Gasteiger partial charge in [-0.2, -0.15) is 0 Å². The lowest BCUT2D eigenvalue weighted by Crippen LogP contribution is -2.47. The van der Waals surface area contributed by atoms with Crippen molar-refractivity contribution in [2.45, 2.75) is 51.5 Å². The molecule has 1 aliphatic rings. The molecule has 0 radical (unpaired) electrons. The van der Waals surface area contributed by atoms with E-state index in [0.29, 0.717) is 12.5 Å². The molecule has 1 heterocycles. The normalized spacial score (nSPS) is 21.4. The summed E-state index contributed by atoms with van der Waals surface area (Å²) in [5.74, 6) is 0.190. The summed E-state index contributed by atoms with van der Waals surface area (Å²) in [7, 11) is 0. The number of carbonyl (C=O) groups is 1. The summed E-state index contributed by atoms with van der Waals surface area (Å²) in [5.41, 5.74) is 0. The fourth-order valence-corrected chi connectivity index (χ4v) is 2.35. The van der Waals surface area contributed by atoms with Crippen LogP contribution in [0.3, 0.4) is 0 Å². The first-order valence-electron chi connectivity index (χ1n) is 6.88. The number of aliphatic hydroxyl groups excluding tert-OH is 1. The number of hydrogen-bond acceptors (Lipinski definition) is 3. The molecule has 100 valence electrons. The highest BCUT2D eigenvalue weighted by molar-refractivity contribution is 5.76. The Morgan fingerprint density at radius 2 is 2.29 bits per heavy atom. The van der Waals surface area contributed by atoms with E-state index in [0.717, 1.165) is 51.7 Å². The quantitative estimate of drug-likeness (QED) is 0.658. The molecule has 0 bridgehead atoms. The molecule has 17 heavy (non-hydrogen) atoms. The lowest BCUT2D eigenvalue weighted by atomic mass is 10.0. The van der Waals surface area contributed by atoms with Crippen molar-refractivity contribution in [2.24, 2.45) is 0 Å². The molecular formula is C13H26N2O2. The summed E-state index contributed by atoms with van der Waals surface area (Å²) in [6.45, 7) is 5.46. The van der Waals surface area contributed by atoms with Crippen LogP contribution in [-0.2, 0) is 4.79 Å². The van der Waals surface area contributed by atoms with Gasteiger partial charge in [0.15, 0.2) is 0 Å². The maximum atomic E-state index is 11.5. The van der Waals surface area contributed by atoms with Crippen molar-refractivity contribution in [2.75, 3.05) is 26.2 Å². The van der Waals surface area contributed by atoms with Crippen LogP contribution in [0.2, 0.25) is 0 Å². The predicted octanol–water partition coefficient (Wildman–Crippen LogP) is 1.14. The summed E-state index contributed by atoms with van der Waals surface area (Å²) < 4.78 is 0. The molecule has 4 nitrogen and oxygen atoms in total. The van der Waals surface area contributed by atoms with Crippen molar-refractivity contribution in [3.63, 3.8) is 0 Å². The number of nitrogens with zero attached hydrogens (tertiary/aromatic N) is 1. The van der Waals surface area contributed by atoms with Crippen LogP contribution in [0.5, 0.6) is 0 Å². The largest absolute Gasteiger partial charge is 0.396 e. The second-order valence-electron chi connectivity index (χ2n) is 4.89. The Labute approximate surface area is 104 Å². The number of likely N-dealkylation sites (tertiary alicyclic amines) is 1. The molecule has 2 N–H and O–H groups in total. The molecule has 0 aromatic carbocycles. The van der Waals surface area contributed by atoms with Crippen molar-refractivity contribution < 1.29 is 9.90 Å². The zero-order valence-corrected chi connectivity index (χ0v) is 11.0. The first-order valence-corrected chi connectivity index (χ1v) is 6.88. The van der Waals surface area contributed by atoms with Crippen LogP contribution in [0.25, 0.3) is 0 Å². The molecular weight excluding hydrogens is 216 g/mol. The molecule has 0 spiro atoms. The highest BCUT2D eigenvalue weighted by Crippen LogP contribution is 2.11. The molecule has 1 unspecified atom stereocenters. The minimum atomic E-state index is 0.190. The smallest absolute Gasteiger partial charge is 0.220 e. The van der Waals surface area contributed by atoms with Gasteiger partial charge >= 0.3 is 0 Å². The monoisotopic (exact) mass is 242 g/mol. The number of hydrogen-bond donors (Lipinski definition) is 2. The molecule has 1 amide bonds. The second kappa shape index (κ2) is 8.48. The molecule has 0 saturated carbocycles. The van der Waals surface area contributed by atoms with E-state index >= 15 is 0 Å². The number of unbranched alkanes of at least 4 members (excludes halogenated alkanes) is 1. The molecule has 0 aromatic rings. The Bertz CT molecular complexity index is 221. The molecule has 0 aliphatic carbocycles. The zero-order chi connectivity index (χ0) is 12.5. The maximum Gasteiger partial charge on any atom is 0.220 e. The lowest BCUT2D eigenvalue weighted by molar-refractivity contribution is -0.122. The first-order chi connectivity index (χ1) is 8.26. The van der Waals surface area contributed by atoms with Crippen LogP contribution in [-0.4, -0.2) is 48.2 Å². The van der Waals surface area contributed by atoms with E-state index in [-0.39, 0.29) is 12.5 Å². The number of piperidine rings is 1. The summed E-state index contributed by atoms with van der Waals surface area (Å²) in [5, 5.41) is 11.9. The van der Waals surface area contributed by atoms with E-state index in [1.54, 1.807) is 0 Å². The van der Waals surface area contributed by atoms with Gasteiger partial charge in [0, 0.05) is 25.6 Å². The Hall–Kier alpha value is -0.610. The van der Waals surface area contributed by atoms with Gasteiger partial charge in [-0.15, -0.1) is 0 Å². The van der Waals surface area contributed by atoms with Gasteiger partial charge in [0.25, 0.3) is 0 Å². The van der Waals surface area contributed by atoms with Crippen LogP contribution in [0, 0.1) is 0 Å². The third-order valence-corrected chi connectivity index (χ3v) is 3.23. The van der Waals surface area contributed by atoms with Crippen molar-refractivity contribution in [3.05, 3.63) is 0 Å². The summed E-state index contributed by atoms with van der Waals surface area (Å²) in [6, 6.07) is 0.330. The number of carbonyl (C=O) groups excluding carboxylic acids is 1. The molecule has 1 fully saturated rings. The maximum absolute atomic E-state index is 11.5. The molecule has 1 rings (SSSR count). The van der Waals surface area contributed by atoms with Gasteiger partial charge in [-0.25, -0.2) is 0 Å². The highest BCUT2D eigenvalue weighted by atomic mass is 16.2. The van der Waals surface area contributed by atoms with Crippen LogP contribution in [0.15, 0.2) is 0 Å². The van der Waals surface area contributed by atoms with E-state index in [2.05, 4.69) is 10.2 Å². The van der Waals surface area contributed by atoms with E-state index in [4.69, 9.17) is 5.11 Å². The Morgan fingerprint density at radius 3 is 3.00 bits per heavy atom. The van der Waals surface area contributed by atoms with Crippen molar-refractivity contribution in [3.8, 4) is 0 Å². The molecule has 4 heteroatoms. The van der Waals surface area contributed by atoms with Crippen LogP contribution >= 0.6 is 0 Å². The number of amides is 1. The Morgan fingerprint density at radius 1 is 1.47 bits per heavy atom. The number of rotatable bonds is 7. The van der Waals surface area contributed by atoms with E-state index in [9.17, 15) is 4.79 Å². The predicted molar refractivity (Wildman–Crippen MR) is 68.8 cm³/mol. The van der Waals surface area contributed by atoms with E-state index in [1.165, 1.54) is 0 Å². The van der Waals surface area contributed by atoms with Crippen LogP contribution in [0.1, 0.15) is 45.4 Å². The highest BCUT2D eigenvalue weighted by Gasteiger charge is 2.20. The van der Waals surface area contributed by atoms with Crippen molar-refractivity contribution in [1.82, 2.24) is 10.2 Å². The van der Waals surface area contributed by atoms with Crippen LogP contribution < -0.4 is 5.32 Å². The lowest BCUT2D eigenvalue weighted by Gasteiger charge is -2.33. The average molecular weight is 242 g/mol. The van der Waals surface area contributed by atoms with Gasteiger partial charge in [0.1, 0.15) is 0 Å². The zero-order valence-electron chi connectivity index (χ0n) is 11.0. The summed E-state index contributed by atoms with van der Waals surface area (Å²) >= 11 is 0. The van der Waals surface area contributed by atoms with Gasteiger partial charge in [0.05, 0.1) is 0 Å². The minimum Gasteiger partial charge on any atom is -0.396 e. The Balaban J connectivity index is 2.21. The van der Waals surface area contributed by atoms with E-state index < -0.39 is 0 Å². The summed E-state index contributed by atoms with van der Waals surface area (Å²) in [6.07, 6.45) is 5.75. The fourth-order valence-electron chi connectivity index (χ4n) is 2.35. The van der Waals surface area contributed by atoms with Gasteiger partial charge < -0.3 is 15.3 Å². The standard InChI is InChI=1S/C13H26N2O2/c1-2-6-13(17)14-12-7-5-9-15(11-12)8-3-4-10-16/h12,16H,2-11H2,1H3,(H,14,17). The third-order valence-electron chi connectivity index (χ3n) is 3.23. The minimum absolute atomic E-state index is 0.190. The molecule has 0 aromatic heterocycles. The molecule has 1 saturated heterocycles. The molecule has 1 aliphatic heterocycles. The second-order valence-corrected chi connectivity index (χ2v) is 4.89. The van der Waals surface area contributed by atoms with Crippen molar-refractivity contribution >= 4 is 5.91 Å². The fraction of sp³-hybridized carbons (Fsp3) is 0.923. The molecule has 1 atom stereocenters. The van der Waals surface area contributed by atoms with E-state index in [1.807, 2.05) is 6.92 Å². The average Bonchev–Trinajstić information content (AvgIpc) is 2.30. The van der Waals surface area contributed by atoms with Gasteiger partial charge in [0.2, 0.25) is 5.91 Å². The Kier molecular flexibility index (Phi) is 7.21. The third kappa shape index (κ3) is 6.03. The first kappa shape index (κ1) is 14.5. The van der Waals surface area contributed by atoms with Crippen LogP contribution in [0.4, 0.5) is 0 Å². The summed E-state index contributed by atoms with van der Waals surface area (Å²) in [4.78, 5) is 13.9. The van der Waals surface area contributed by atoms with Crippen molar-refractivity contribution in [1.29, 1.82) is 0 Å². The number of nitrogens with one attached hydrogen (secondary N) is 1. The van der Waals surface area contributed by atoms with Gasteiger partial charge in [-0.3, -0.25) is 4.79 Å².